The molecule has 0 bridgehead atoms. The molecule has 14 heavy (non-hydrogen) atoms. The summed E-state index contributed by atoms with van der Waals surface area (Å²) < 4.78 is 16.0. The molecule has 76 valence electrons. The topological polar surface area (TPSA) is 44.8 Å². The second-order valence-electron chi connectivity index (χ2n) is 3.91. The van der Waals surface area contributed by atoms with Crippen LogP contribution in [0.25, 0.3) is 0 Å². The largest absolute Gasteiger partial charge is 0.458 e. The lowest BCUT2D eigenvalue weighted by molar-refractivity contribution is -0.152. The minimum Gasteiger partial charge on any atom is -0.458 e. The molecule has 2 radical (unpaired) electrons. The maximum Gasteiger partial charge on any atom is 0.303 e. The number of esters is 1. The zero-order chi connectivity index (χ0) is 10.3. The van der Waals surface area contributed by atoms with Gasteiger partial charge in [-0.2, -0.15) is 0 Å². The molecule has 2 rings (SSSR count). The third-order valence-electron chi connectivity index (χ3n) is 2.70. The first-order chi connectivity index (χ1) is 6.59. The Hall–Kier alpha value is -0.545. The molecule has 2 unspecified atom stereocenters. The number of carbonyl (C=O) groups is 1. The second kappa shape index (κ2) is 3.55. The van der Waals surface area contributed by atoms with E-state index in [0.29, 0.717) is 12.5 Å². The van der Waals surface area contributed by atoms with Crippen LogP contribution in [0.1, 0.15) is 13.8 Å². The Bertz CT molecular complexity index is 245. The molecule has 2 aliphatic rings. The minimum absolute atomic E-state index is 0.0330. The lowest BCUT2D eigenvalue weighted by Crippen LogP contribution is -2.36. The first kappa shape index (κ1) is 9.99. The Morgan fingerprint density at radius 3 is 2.86 bits per heavy atom. The quantitative estimate of drug-likeness (QED) is 0.432. The lowest BCUT2D eigenvalue weighted by atomic mass is 9.92. The first-order valence-electron chi connectivity index (χ1n) is 4.79. The standard InChI is InChI=1S/C9H13BO4/c1-4-3-12-7-6(4)14-9(10)8(7)13-5(2)11/h4,6-9H,3H2,1-2H3/t4-,6?,7?,8-,9-/m1/s1. The summed E-state index contributed by atoms with van der Waals surface area (Å²) in [7, 11) is 5.70. The average Bonchev–Trinajstić information content (AvgIpc) is 2.57. The van der Waals surface area contributed by atoms with E-state index in [1.807, 2.05) is 6.92 Å². The van der Waals surface area contributed by atoms with Crippen LogP contribution >= 0.6 is 0 Å². The highest BCUT2D eigenvalue weighted by molar-refractivity contribution is 6.11. The number of fused-ring (bicyclic) bond motifs is 1. The minimum atomic E-state index is -0.559. The molecule has 0 aromatic heterocycles. The number of carbonyl (C=O) groups excluding carboxylic acids is 1. The molecule has 0 saturated carbocycles. The summed E-state index contributed by atoms with van der Waals surface area (Å²) in [6.45, 7) is 4.03. The Morgan fingerprint density at radius 1 is 1.50 bits per heavy atom. The Kier molecular flexibility index (Phi) is 2.53. The van der Waals surface area contributed by atoms with E-state index in [4.69, 9.17) is 22.1 Å². The molecule has 4 nitrogen and oxygen atoms in total. The second-order valence-corrected chi connectivity index (χ2v) is 3.91. The van der Waals surface area contributed by atoms with Crippen molar-refractivity contribution in [2.24, 2.45) is 5.92 Å². The van der Waals surface area contributed by atoms with Crippen molar-refractivity contribution in [3.8, 4) is 0 Å². The molecule has 0 amide bonds. The molecule has 0 aromatic rings. The molecule has 0 aromatic carbocycles. The van der Waals surface area contributed by atoms with Gasteiger partial charge in [-0.3, -0.25) is 4.79 Å². The number of hydrogen-bond donors (Lipinski definition) is 0. The van der Waals surface area contributed by atoms with Crippen LogP contribution in [-0.2, 0) is 19.0 Å². The van der Waals surface area contributed by atoms with Gasteiger partial charge in [-0.05, 0) is 0 Å². The molecule has 2 fully saturated rings. The third-order valence-corrected chi connectivity index (χ3v) is 2.70. The summed E-state index contributed by atoms with van der Waals surface area (Å²) in [5.74, 6) is -0.0375. The van der Waals surface area contributed by atoms with E-state index in [1.54, 1.807) is 0 Å². The molecular formula is C9H13BO4. The van der Waals surface area contributed by atoms with Crippen LogP contribution in [-0.4, -0.2) is 44.7 Å². The fourth-order valence-electron chi connectivity index (χ4n) is 2.04. The van der Waals surface area contributed by atoms with Gasteiger partial charge in [0.05, 0.1) is 18.7 Å². The SMILES string of the molecule is [B][C@@H]1OC2C(OC[C@H]2C)[C@H]1OC(C)=O. The number of rotatable bonds is 1. The van der Waals surface area contributed by atoms with Crippen LogP contribution in [0, 0.1) is 5.92 Å². The van der Waals surface area contributed by atoms with Gasteiger partial charge in [-0.15, -0.1) is 0 Å². The Morgan fingerprint density at radius 2 is 2.21 bits per heavy atom. The smallest absolute Gasteiger partial charge is 0.303 e. The predicted octanol–water partition coefficient (Wildman–Crippen LogP) is -0.154. The van der Waals surface area contributed by atoms with Crippen LogP contribution in [0.5, 0.6) is 0 Å². The van der Waals surface area contributed by atoms with Gasteiger partial charge >= 0.3 is 5.97 Å². The number of hydrogen-bond acceptors (Lipinski definition) is 4. The summed E-state index contributed by atoms with van der Waals surface area (Å²) in [5.41, 5.74) is 0. The molecule has 2 aliphatic heterocycles. The zero-order valence-corrected chi connectivity index (χ0v) is 8.30. The van der Waals surface area contributed by atoms with Crippen LogP contribution in [0.15, 0.2) is 0 Å². The predicted molar refractivity (Wildman–Crippen MR) is 48.9 cm³/mol. The summed E-state index contributed by atoms with van der Waals surface area (Å²) in [6, 6.07) is -0.559. The van der Waals surface area contributed by atoms with Gasteiger partial charge < -0.3 is 14.2 Å². The van der Waals surface area contributed by atoms with E-state index < -0.39 is 12.1 Å². The monoisotopic (exact) mass is 196 g/mol. The van der Waals surface area contributed by atoms with E-state index in [0.717, 1.165) is 0 Å². The maximum atomic E-state index is 10.8. The summed E-state index contributed by atoms with van der Waals surface area (Å²) >= 11 is 0. The fourth-order valence-corrected chi connectivity index (χ4v) is 2.04. The van der Waals surface area contributed by atoms with E-state index in [-0.39, 0.29) is 18.2 Å². The molecule has 2 heterocycles. The van der Waals surface area contributed by atoms with Crippen molar-refractivity contribution in [3.05, 3.63) is 0 Å². The van der Waals surface area contributed by atoms with Crippen molar-refractivity contribution >= 4 is 13.8 Å². The molecule has 0 N–H and O–H groups in total. The van der Waals surface area contributed by atoms with E-state index >= 15 is 0 Å². The molecule has 5 heteroatoms. The van der Waals surface area contributed by atoms with Crippen molar-refractivity contribution in [2.45, 2.75) is 38.2 Å². The highest BCUT2D eigenvalue weighted by atomic mass is 16.6. The van der Waals surface area contributed by atoms with Crippen molar-refractivity contribution in [1.82, 2.24) is 0 Å². The maximum absolute atomic E-state index is 10.8. The molecular weight excluding hydrogens is 183 g/mol. The van der Waals surface area contributed by atoms with Gasteiger partial charge in [0.25, 0.3) is 0 Å². The van der Waals surface area contributed by atoms with Gasteiger partial charge in [-0.25, -0.2) is 0 Å². The van der Waals surface area contributed by atoms with Gasteiger partial charge in [0.2, 0.25) is 0 Å². The first-order valence-corrected chi connectivity index (χ1v) is 4.79. The van der Waals surface area contributed by atoms with Crippen LogP contribution in [0.2, 0.25) is 0 Å². The van der Waals surface area contributed by atoms with Crippen molar-refractivity contribution in [1.29, 1.82) is 0 Å². The molecule has 5 atom stereocenters. The highest BCUT2D eigenvalue weighted by Crippen LogP contribution is 2.34. The van der Waals surface area contributed by atoms with Gasteiger partial charge in [0, 0.05) is 12.8 Å². The molecule has 0 aliphatic carbocycles. The molecule has 2 saturated heterocycles. The summed E-state index contributed by atoms with van der Waals surface area (Å²) in [6.07, 6.45) is -0.680. The van der Waals surface area contributed by atoms with Crippen LogP contribution in [0.4, 0.5) is 0 Å². The number of ether oxygens (including phenoxy) is 3. The van der Waals surface area contributed by atoms with Gasteiger partial charge in [0.1, 0.15) is 20.1 Å². The zero-order valence-electron chi connectivity index (χ0n) is 8.30. The van der Waals surface area contributed by atoms with Gasteiger partial charge in [-0.1, -0.05) is 6.92 Å². The normalized spacial score (nSPS) is 46.3. The van der Waals surface area contributed by atoms with Crippen molar-refractivity contribution in [2.75, 3.05) is 6.61 Å². The van der Waals surface area contributed by atoms with Crippen molar-refractivity contribution in [3.63, 3.8) is 0 Å². The Labute approximate surface area is 84.3 Å². The van der Waals surface area contributed by atoms with E-state index in [2.05, 4.69) is 0 Å². The highest BCUT2D eigenvalue weighted by Gasteiger charge is 2.50. The van der Waals surface area contributed by atoms with E-state index in [9.17, 15) is 4.79 Å². The summed E-state index contributed by atoms with van der Waals surface area (Å²) in [5, 5.41) is 0. The fraction of sp³-hybridized carbons (Fsp3) is 0.889. The third kappa shape index (κ3) is 1.55. The van der Waals surface area contributed by atoms with E-state index in [1.165, 1.54) is 6.92 Å². The summed E-state index contributed by atoms with van der Waals surface area (Å²) in [4.78, 5) is 10.8. The average molecular weight is 196 g/mol. The van der Waals surface area contributed by atoms with Crippen molar-refractivity contribution < 1.29 is 19.0 Å². The molecule has 0 spiro atoms. The van der Waals surface area contributed by atoms with Crippen LogP contribution in [0.3, 0.4) is 0 Å². The lowest BCUT2D eigenvalue weighted by Gasteiger charge is -2.19. The van der Waals surface area contributed by atoms with Gasteiger partial charge in [0.15, 0.2) is 0 Å². The van der Waals surface area contributed by atoms with Crippen LogP contribution < -0.4 is 0 Å². The Balaban J connectivity index is 2.07.